The molecule has 1 aromatic rings. The van der Waals surface area contributed by atoms with Gasteiger partial charge >= 0.3 is 0 Å². The van der Waals surface area contributed by atoms with Crippen molar-refractivity contribution in [1.29, 1.82) is 5.26 Å². The molecule has 0 bridgehead atoms. The summed E-state index contributed by atoms with van der Waals surface area (Å²) in [7, 11) is 0. The van der Waals surface area contributed by atoms with Gasteiger partial charge in [-0.25, -0.2) is 0 Å². The fraction of sp³-hybridized carbons (Fsp3) is 0.696. The summed E-state index contributed by atoms with van der Waals surface area (Å²) in [4.78, 5) is 0. The van der Waals surface area contributed by atoms with E-state index in [1.807, 2.05) is 12.1 Å². The van der Waals surface area contributed by atoms with E-state index in [0.29, 0.717) is 0 Å². The highest BCUT2D eigenvalue weighted by molar-refractivity contribution is 5.31. The van der Waals surface area contributed by atoms with Crippen LogP contribution in [0.3, 0.4) is 0 Å². The van der Waals surface area contributed by atoms with Crippen molar-refractivity contribution in [3.63, 3.8) is 0 Å². The fourth-order valence-electron chi connectivity index (χ4n) is 4.14. The van der Waals surface area contributed by atoms with E-state index in [1.54, 1.807) is 0 Å². The number of rotatable bonds is 10. The highest BCUT2D eigenvalue weighted by Gasteiger charge is 2.20. The minimum Gasteiger partial charge on any atom is -0.192 e. The molecule has 0 heterocycles. The monoisotopic (exact) mass is 325 g/mol. The van der Waals surface area contributed by atoms with Gasteiger partial charge < -0.3 is 0 Å². The van der Waals surface area contributed by atoms with Gasteiger partial charge in [-0.1, -0.05) is 89.7 Å². The normalized spacial score (nSPS) is 20.7. The second kappa shape index (κ2) is 11.3. The van der Waals surface area contributed by atoms with Crippen LogP contribution in [0.25, 0.3) is 0 Å². The van der Waals surface area contributed by atoms with Crippen molar-refractivity contribution in [1.82, 2.24) is 0 Å². The Morgan fingerprint density at radius 2 is 1.42 bits per heavy atom. The molecule has 0 N–H and O–H groups in total. The van der Waals surface area contributed by atoms with Gasteiger partial charge in [0, 0.05) is 0 Å². The van der Waals surface area contributed by atoms with Crippen LogP contribution in [0, 0.1) is 23.2 Å². The molecule has 1 aliphatic carbocycles. The van der Waals surface area contributed by atoms with Gasteiger partial charge in [0.1, 0.15) is 0 Å². The molecule has 0 unspecified atom stereocenters. The lowest BCUT2D eigenvalue weighted by Crippen LogP contribution is -2.15. The lowest BCUT2D eigenvalue weighted by molar-refractivity contribution is 0.248. The third kappa shape index (κ3) is 7.08. The fourth-order valence-corrected chi connectivity index (χ4v) is 4.14. The van der Waals surface area contributed by atoms with E-state index in [-0.39, 0.29) is 0 Å². The molecule has 1 saturated carbocycles. The smallest absolute Gasteiger partial charge is 0.0991 e. The first kappa shape index (κ1) is 19.0. The van der Waals surface area contributed by atoms with Crippen LogP contribution in [0.15, 0.2) is 24.3 Å². The van der Waals surface area contributed by atoms with E-state index >= 15 is 0 Å². The molecule has 0 aliphatic heterocycles. The molecule has 0 atom stereocenters. The van der Waals surface area contributed by atoms with E-state index in [0.717, 1.165) is 17.4 Å². The summed E-state index contributed by atoms with van der Waals surface area (Å²) in [5.41, 5.74) is 2.16. The molecule has 0 aromatic heterocycles. The maximum absolute atomic E-state index is 8.85. The maximum Gasteiger partial charge on any atom is 0.0991 e. The number of nitriles is 1. The summed E-state index contributed by atoms with van der Waals surface area (Å²) in [6.45, 7) is 2.29. The lowest BCUT2D eigenvalue weighted by atomic mass is 9.77. The van der Waals surface area contributed by atoms with Crippen LogP contribution in [0.5, 0.6) is 0 Å². The Morgan fingerprint density at radius 3 is 2.04 bits per heavy atom. The lowest BCUT2D eigenvalue weighted by Gasteiger charge is -2.28. The first-order valence-electron chi connectivity index (χ1n) is 10.3. The molecule has 2 rings (SSSR count). The third-order valence-corrected chi connectivity index (χ3v) is 5.86. The summed E-state index contributed by atoms with van der Waals surface area (Å²) in [6.07, 6.45) is 18.4. The molecule has 0 spiro atoms. The van der Waals surface area contributed by atoms with Gasteiger partial charge in [-0.05, 0) is 42.4 Å². The Balaban J connectivity index is 1.55. The minimum absolute atomic E-state index is 0.772. The van der Waals surface area contributed by atoms with Crippen molar-refractivity contribution in [2.75, 3.05) is 0 Å². The minimum atomic E-state index is 0.772. The molecule has 1 aromatic carbocycles. The Labute approximate surface area is 149 Å². The molecular formula is C23H35N. The average Bonchev–Trinajstić information content (AvgIpc) is 2.64. The summed E-state index contributed by atoms with van der Waals surface area (Å²) >= 11 is 0. The summed E-state index contributed by atoms with van der Waals surface area (Å²) in [6, 6.07) is 10.4. The molecule has 1 heteroatoms. The van der Waals surface area contributed by atoms with E-state index in [1.165, 1.54) is 89.0 Å². The molecule has 1 fully saturated rings. The van der Waals surface area contributed by atoms with Gasteiger partial charge in [0.05, 0.1) is 11.6 Å². The van der Waals surface area contributed by atoms with Crippen LogP contribution in [-0.2, 0) is 6.42 Å². The molecule has 0 saturated heterocycles. The predicted octanol–water partition coefficient (Wildman–Crippen LogP) is 7.05. The molecule has 24 heavy (non-hydrogen) atoms. The first-order chi connectivity index (χ1) is 11.8. The van der Waals surface area contributed by atoms with Crippen LogP contribution in [0.4, 0.5) is 0 Å². The van der Waals surface area contributed by atoms with Gasteiger partial charge in [-0.15, -0.1) is 0 Å². The second-order valence-corrected chi connectivity index (χ2v) is 7.79. The summed E-state index contributed by atoms with van der Waals surface area (Å²) < 4.78 is 0. The largest absolute Gasteiger partial charge is 0.192 e. The van der Waals surface area contributed by atoms with Crippen LogP contribution in [0.2, 0.25) is 0 Å². The van der Waals surface area contributed by atoms with Crippen molar-refractivity contribution >= 4 is 0 Å². The quantitative estimate of drug-likeness (QED) is 0.423. The van der Waals surface area contributed by atoms with Crippen LogP contribution in [0.1, 0.15) is 95.1 Å². The number of aryl methyl sites for hydroxylation is 1. The van der Waals surface area contributed by atoms with Gasteiger partial charge in [-0.2, -0.15) is 5.26 Å². The Kier molecular flexibility index (Phi) is 8.96. The standard InChI is InChI=1S/C23H35N/c1-2-3-4-5-6-7-8-20-9-11-21(12-10-20)13-14-22-15-17-23(19-24)18-16-22/h15-18,20-21H,2-14H2,1H3. The van der Waals surface area contributed by atoms with Gasteiger partial charge in [0.15, 0.2) is 0 Å². The van der Waals surface area contributed by atoms with Crippen LogP contribution < -0.4 is 0 Å². The molecule has 1 aliphatic rings. The Hall–Kier alpha value is -1.29. The number of hydrogen-bond donors (Lipinski definition) is 0. The van der Waals surface area contributed by atoms with Crippen LogP contribution >= 0.6 is 0 Å². The van der Waals surface area contributed by atoms with E-state index in [9.17, 15) is 0 Å². The molecular weight excluding hydrogens is 290 g/mol. The highest BCUT2D eigenvalue weighted by atomic mass is 14.3. The zero-order valence-corrected chi connectivity index (χ0v) is 15.6. The van der Waals surface area contributed by atoms with Crippen molar-refractivity contribution < 1.29 is 0 Å². The number of benzene rings is 1. The molecule has 1 nitrogen and oxygen atoms in total. The number of hydrogen-bond acceptors (Lipinski definition) is 1. The third-order valence-electron chi connectivity index (χ3n) is 5.86. The van der Waals surface area contributed by atoms with Gasteiger partial charge in [0.25, 0.3) is 0 Å². The van der Waals surface area contributed by atoms with Crippen molar-refractivity contribution in [2.24, 2.45) is 11.8 Å². The Morgan fingerprint density at radius 1 is 0.833 bits per heavy atom. The van der Waals surface area contributed by atoms with Crippen molar-refractivity contribution in [3.05, 3.63) is 35.4 Å². The topological polar surface area (TPSA) is 23.8 Å². The first-order valence-corrected chi connectivity index (χ1v) is 10.3. The molecule has 0 radical (unpaired) electrons. The SMILES string of the molecule is CCCCCCCCC1CCC(CCc2ccc(C#N)cc2)CC1. The average molecular weight is 326 g/mol. The van der Waals surface area contributed by atoms with E-state index < -0.39 is 0 Å². The zero-order valence-electron chi connectivity index (χ0n) is 15.6. The van der Waals surface area contributed by atoms with Gasteiger partial charge in [-0.3, -0.25) is 0 Å². The zero-order chi connectivity index (χ0) is 17.0. The van der Waals surface area contributed by atoms with Gasteiger partial charge in [0.2, 0.25) is 0 Å². The number of unbranched alkanes of at least 4 members (excludes halogenated alkanes) is 5. The number of nitrogens with zero attached hydrogens (tertiary/aromatic N) is 1. The summed E-state index contributed by atoms with van der Waals surface area (Å²) in [5.74, 6) is 1.95. The van der Waals surface area contributed by atoms with Crippen molar-refractivity contribution in [3.8, 4) is 6.07 Å². The highest BCUT2D eigenvalue weighted by Crippen LogP contribution is 2.34. The predicted molar refractivity (Wildman–Crippen MR) is 103 cm³/mol. The van der Waals surface area contributed by atoms with Crippen LogP contribution in [-0.4, -0.2) is 0 Å². The van der Waals surface area contributed by atoms with Crippen molar-refractivity contribution in [2.45, 2.75) is 90.4 Å². The van der Waals surface area contributed by atoms with E-state index in [2.05, 4.69) is 25.1 Å². The Bertz CT molecular complexity index is 474. The maximum atomic E-state index is 8.85. The van der Waals surface area contributed by atoms with E-state index in [4.69, 9.17) is 5.26 Å². The summed E-state index contributed by atoms with van der Waals surface area (Å²) in [5, 5.41) is 8.85. The second-order valence-electron chi connectivity index (χ2n) is 7.79. The molecule has 132 valence electrons. The molecule has 0 amide bonds.